The number of nitrogen functional groups attached to an aromatic ring is 1. The summed E-state index contributed by atoms with van der Waals surface area (Å²) in [5.74, 6) is 1.15. The molecule has 5 rings (SSSR count). The molecule has 0 fully saturated rings. The van der Waals surface area contributed by atoms with Gasteiger partial charge in [-0.2, -0.15) is 0 Å². The minimum absolute atomic E-state index is 0.434. The molecule has 0 saturated carbocycles. The van der Waals surface area contributed by atoms with Gasteiger partial charge in [0.2, 0.25) is 0 Å². The van der Waals surface area contributed by atoms with E-state index >= 15 is 0 Å². The fourth-order valence-electron chi connectivity index (χ4n) is 3.53. The third-order valence-electron chi connectivity index (χ3n) is 5.11. The van der Waals surface area contributed by atoms with Crippen molar-refractivity contribution < 1.29 is 0 Å². The van der Waals surface area contributed by atoms with Crippen molar-refractivity contribution in [3.63, 3.8) is 0 Å². The highest BCUT2D eigenvalue weighted by molar-refractivity contribution is 5.84. The van der Waals surface area contributed by atoms with Crippen LogP contribution in [0, 0.1) is 0 Å². The standard InChI is InChI=1S/C24H20N6.C2H6/c1-2-16-8-10-17(11-9-16)30-23(18-6-5-15-27-22(18)25)29-21-13-12-20(28-24(21)30)19-7-3-4-14-26-19;1-2/h3-15H,2H2,1H3,(H2,25,27);1-2H3. The minimum Gasteiger partial charge on any atom is -0.383 e. The van der Waals surface area contributed by atoms with Gasteiger partial charge in [0.25, 0.3) is 0 Å². The van der Waals surface area contributed by atoms with E-state index in [1.807, 2.05) is 60.9 Å². The van der Waals surface area contributed by atoms with E-state index in [4.69, 9.17) is 15.7 Å². The summed E-state index contributed by atoms with van der Waals surface area (Å²) < 4.78 is 2.04. The van der Waals surface area contributed by atoms with Crippen LogP contribution < -0.4 is 5.73 Å². The molecular weight excluding hydrogens is 396 g/mol. The van der Waals surface area contributed by atoms with Crippen molar-refractivity contribution in [2.75, 3.05) is 5.73 Å². The van der Waals surface area contributed by atoms with E-state index in [0.717, 1.165) is 40.2 Å². The molecule has 0 aliphatic heterocycles. The Balaban J connectivity index is 0.00000119. The Morgan fingerprint density at radius 1 is 0.781 bits per heavy atom. The molecular formula is C26H26N6. The maximum atomic E-state index is 6.19. The van der Waals surface area contributed by atoms with Crippen molar-refractivity contribution in [2.45, 2.75) is 27.2 Å². The van der Waals surface area contributed by atoms with E-state index in [1.54, 1.807) is 12.4 Å². The average molecular weight is 423 g/mol. The second-order valence-electron chi connectivity index (χ2n) is 6.98. The molecule has 0 aliphatic rings. The smallest absolute Gasteiger partial charge is 0.165 e. The van der Waals surface area contributed by atoms with E-state index < -0.39 is 0 Å². The molecule has 0 amide bonds. The number of imidazole rings is 1. The highest BCUT2D eigenvalue weighted by Crippen LogP contribution is 2.31. The number of nitrogens with zero attached hydrogens (tertiary/aromatic N) is 5. The molecule has 0 bridgehead atoms. The predicted octanol–water partition coefficient (Wildman–Crippen LogP) is 5.72. The first-order chi connectivity index (χ1) is 15.7. The number of aromatic nitrogens is 5. The zero-order valence-electron chi connectivity index (χ0n) is 18.5. The number of hydrogen-bond donors (Lipinski definition) is 1. The Kier molecular flexibility index (Phi) is 6.22. The van der Waals surface area contributed by atoms with Crippen LogP contribution in [0.15, 0.2) is 79.1 Å². The molecule has 160 valence electrons. The zero-order chi connectivity index (χ0) is 22.5. The second-order valence-corrected chi connectivity index (χ2v) is 6.98. The molecule has 32 heavy (non-hydrogen) atoms. The van der Waals surface area contributed by atoms with Crippen molar-refractivity contribution >= 4 is 17.0 Å². The normalized spacial score (nSPS) is 10.6. The lowest BCUT2D eigenvalue weighted by Crippen LogP contribution is -2.02. The van der Waals surface area contributed by atoms with Gasteiger partial charge in [0.15, 0.2) is 11.5 Å². The Hall–Kier alpha value is -4.06. The third-order valence-corrected chi connectivity index (χ3v) is 5.11. The van der Waals surface area contributed by atoms with E-state index in [1.165, 1.54) is 5.56 Å². The first kappa shape index (κ1) is 21.2. The maximum Gasteiger partial charge on any atom is 0.165 e. The lowest BCUT2D eigenvalue weighted by Gasteiger charge is -2.11. The van der Waals surface area contributed by atoms with E-state index in [-0.39, 0.29) is 0 Å². The highest BCUT2D eigenvalue weighted by atomic mass is 15.1. The van der Waals surface area contributed by atoms with Gasteiger partial charge in [-0.1, -0.05) is 39.0 Å². The maximum absolute atomic E-state index is 6.19. The lowest BCUT2D eigenvalue weighted by molar-refractivity contribution is 1.06. The van der Waals surface area contributed by atoms with Gasteiger partial charge in [0.1, 0.15) is 11.3 Å². The quantitative estimate of drug-likeness (QED) is 0.401. The van der Waals surface area contributed by atoms with E-state index in [2.05, 4.69) is 41.2 Å². The first-order valence-corrected chi connectivity index (χ1v) is 10.9. The summed E-state index contributed by atoms with van der Waals surface area (Å²) in [5, 5.41) is 0. The fourth-order valence-corrected chi connectivity index (χ4v) is 3.53. The van der Waals surface area contributed by atoms with Gasteiger partial charge in [0, 0.05) is 18.1 Å². The molecule has 0 spiro atoms. The molecule has 4 heterocycles. The first-order valence-electron chi connectivity index (χ1n) is 10.9. The number of pyridine rings is 3. The summed E-state index contributed by atoms with van der Waals surface area (Å²) in [5.41, 5.74) is 12.4. The van der Waals surface area contributed by atoms with Crippen molar-refractivity contribution in [3.8, 4) is 28.5 Å². The van der Waals surface area contributed by atoms with Gasteiger partial charge in [0.05, 0.1) is 17.0 Å². The van der Waals surface area contributed by atoms with Crippen LogP contribution in [-0.4, -0.2) is 24.5 Å². The molecule has 0 aliphatic carbocycles. The topological polar surface area (TPSA) is 82.5 Å². The fraction of sp³-hybridized carbons (Fsp3) is 0.154. The van der Waals surface area contributed by atoms with Crippen LogP contribution >= 0.6 is 0 Å². The lowest BCUT2D eigenvalue weighted by atomic mass is 10.1. The summed E-state index contributed by atoms with van der Waals surface area (Å²) in [6, 6.07) is 21.9. The van der Waals surface area contributed by atoms with Crippen LogP contribution in [0.4, 0.5) is 5.82 Å². The summed E-state index contributed by atoms with van der Waals surface area (Å²) in [4.78, 5) is 18.5. The predicted molar refractivity (Wildman–Crippen MR) is 130 cm³/mol. The van der Waals surface area contributed by atoms with E-state index in [0.29, 0.717) is 11.6 Å². The molecule has 5 aromatic rings. The Labute approximate surface area is 187 Å². The molecule has 6 nitrogen and oxygen atoms in total. The SMILES string of the molecule is CC.CCc1ccc(-n2c(-c3cccnc3N)nc3ccc(-c4ccccn4)nc32)cc1. The second kappa shape index (κ2) is 9.39. The molecule has 1 aromatic carbocycles. The van der Waals surface area contributed by atoms with Gasteiger partial charge in [-0.3, -0.25) is 9.55 Å². The number of aryl methyl sites for hydroxylation is 1. The average Bonchev–Trinajstić information content (AvgIpc) is 3.24. The van der Waals surface area contributed by atoms with Crippen LogP contribution in [0.25, 0.3) is 39.6 Å². The summed E-state index contributed by atoms with van der Waals surface area (Å²) in [6.07, 6.45) is 4.43. The Morgan fingerprint density at radius 3 is 2.25 bits per heavy atom. The minimum atomic E-state index is 0.434. The van der Waals surface area contributed by atoms with Crippen molar-refractivity contribution in [3.05, 3.63) is 84.7 Å². The molecule has 2 N–H and O–H groups in total. The third kappa shape index (κ3) is 3.95. The monoisotopic (exact) mass is 422 g/mol. The molecule has 0 unspecified atom stereocenters. The number of anilines is 1. The zero-order valence-corrected chi connectivity index (χ0v) is 18.5. The molecule has 0 radical (unpaired) electrons. The number of rotatable bonds is 4. The van der Waals surface area contributed by atoms with Crippen LogP contribution in [-0.2, 0) is 6.42 Å². The van der Waals surface area contributed by atoms with Crippen molar-refractivity contribution in [1.29, 1.82) is 0 Å². The van der Waals surface area contributed by atoms with Crippen LogP contribution in [0.2, 0.25) is 0 Å². The van der Waals surface area contributed by atoms with Crippen molar-refractivity contribution in [2.24, 2.45) is 0 Å². The molecule has 0 atom stereocenters. The summed E-state index contributed by atoms with van der Waals surface area (Å²) in [6.45, 7) is 6.14. The molecule has 6 heteroatoms. The Morgan fingerprint density at radius 2 is 1.56 bits per heavy atom. The number of fused-ring (bicyclic) bond motifs is 1. The van der Waals surface area contributed by atoms with Gasteiger partial charge >= 0.3 is 0 Å². The van der Waals surface area contributed by atoms with Gasteiger partial charge in [-0.25, -0.2) is 15.0 Å². The largest absolute Gasteiger partial charge is 0.383 e. The molecule has 0 saturated heterocycles. The number of nitrogens with two attached hydrogens (primary N) is 1. The summed E-state index contributed by atoms with van der Waals surface area (Å²) >= 11 is 0. The van der Waals surface area contributed by atoms with E-state index in [9.17, 15) is 0 Å². The van der Waals surface area contributed by atoms with Crippen LogP contribution in [0.3, 0.4) is 0 Å². The van der Waals surface area contributed by atoms with Gasteiger partial charge in [-0.05, 0) is 60.5 Å². The number of benzene rings is 1. The van der Waals surface area contributed by atoms with Gasteiger partial charge in [-0.15, -0.1) is 0 Å². The van der Waals surface area contributed by atoms with Crippen molar-refractivity contribution in [1.82, 2.24) is 24.5 Å². The molecule has 4 aromatic heterocycles. The van der Waals surface area contributed by atoms with Gasteiger partial charge < -0.3 is 5.73 Å². The van der Waals surface area contributed by atoms with Crippen LogP contribution in [0.5, 0.6) is 0 Å². The summed E-state index contributed by atoms with van der Waals surface area (Å²) in [7, 11) is 0. The number of hydrogen-bond acceptors (Lipinski definition) is 5. The highest BCUT2D eigenvalue weighted by Gasteiger charge is 2.18. The Bertz CT molecular complexity index is 1320. The van der Waals surface area contributed by atoms with Crippen LogP contribution in [0.1, 0.15) is 26.3 Å².